The molecule has 6 nitrogen and oxygen atoms in total. The van der Waals surface area contributed by atoms with Crippen molar-refractivity contribution in [3.05, 3.63) is 58.4 Å². The van der Waals surface area contributed by atoms with Crippen LogP contribution < -0.4 is 0 Å². The molecule has 3 atom stereocenters. The first-order chi connectivity index (χ1) is 14.7. The Morgan fingerprint density at radius 3 is 2.42 bits per heavy atom. The molecule has 2 aromatic rings. The lowest BCUT2D eigenvalue weighted by molar-refractivity contribution is -0.134. The molecule has 1 heterocycles. The van der Waals surface area contributed by atoms with E-state index in [9.17, 15) is 14.4 Å². The van der Waals surface area contributed by atoms with Gasteiger partial charge < -0.3 is 14.2 Å². The number of ketones is 1. The van der Waals surface area contributed by atoms with E-state index < -0.39 is 12.0 Å². The number of esters is 1. The van der Waals surface area contributed by atoms with Gasteiger partial charge in [-0.3, -0.25) is 9.59 Å². The molecule has 0 bridgehead atoms. The van der Waals surface area contributed by atoms with Crippen LogP contribution in [0.25, 0.3) is 0 Å². The predicted molar refractivity (Wildman–Crippen MR) is 119 cm³/mol. The first-order valence-electron chi connectivity index (χ1n) is 10.9. The quantitative estimate of drug-likeness (QED) is 0.474. The largest absolute Gasteiger partial charge is 0.464 e. The first kappa shape index (κ1) is 22.8. The molecule has 0 saturated heterocycles. The van der Waals surface area contributed by atoms with Crippen LogP contribution in [0.4, 0.5) is 0 Å². The number of nitrogens with zero attached hydrogens (tertiary/aromatic N) is 2. The molecule has 0 spiro atoms. The number of hydrogen-bond acceptors (Lipinski definition) is 4. The summed E-state index contributed by atoms with van der Waals surface area (Å²) in [6.07, 6.45) is 1.59. The van der Waals surface area contributed by atoms with Crippen LogP contribution in [0, 0.1) is 19.8 Å². The Labute approximate surface area is 184 Å². The molecule has 166 valence electrons. The number of methoxy groups -OCH3 is 1. The van der Waals surface area contributed by atoms with E-state index in [4.69, 9.17) is 4.74 Å². The summed E-state index contributed by atoms with van der Waals surface area (Å²) in [7, 11) is 3.08. The fraction of sp³-hybridized carbons (Fsp3) is 0.480. The van der Waals surface area contributed by atoms with Crippen molar-refractivity contribution in [2.75, 3.05) is 13.7 Å². The molecule has 1 fully saturated rings. The van der Waals surface area contributed by atoms with Crippen LogP contribution in [0.15, 0.2) is 30.3 Å². The number of amides is 1. The third-order valence-electron chi connectivity index (χ3n) is 6.49. The highest BCUT2D eigenvalue weighted by molar-refractivity contribution is 6.06. The van der Waals surface area contributed by atoms with Gasteiger partial charge in [0.05, 0.1) is 13.2 Å². The number of hydrogen-bond donors (Lipinski definition) is 0. The van der Waals surface area contributed by atoms with Crippen LogP contribution >= 0.6 is 0 Å². The van der Waals surface area contributed by atoms with Crippen molar-refractivity contribution in [1.82, 2.24) is 9.47 Å². The summed E-state index contributed by atoms with van der Waals surface area (Å²) in [6.45, 7) is 7.90. The summed E-state index contributed by atoms with van der Waals surface area (Å²) >= 11 is 0. The van der Waals surface area contributed by atoms with E-state index in [0.29, 0.717) is 29.1 Å². The number of carbonyl (C=O) groups excluding carboxylic acids is 3. The van der Waals surface area contributed by atoms with Crippen molar-refractivity contribution in [2.45, 2.75) is 52.5 Å². The van der Waals surface area contributed by atoms with Gasteiger partial charge in [0.25, 0.3) is 0 Å². The Bertz CT molecular complexity index is 993. The second-order valence-electron chi connectivity index (χ2n) is 8.42. The van der Waals surface area contributed by atoms with Crippen molar-refractivity contribution in [1.29, 1.82) is 0 Å². The highest BCUT2D eigenvalue weighted by Crippen LogP contribution is 2.48. The summed E-state index contributed by atoms with van der Waals surface area (Å²) in [5.41, 5.74) is 3.34. The Morgan fingerprint density at radius 1 is 1.19 bits per heavy atom. The molecule has 1 aromatic carbocycles. The molecule has 0 unspecified atom stereocenters. The van der Waals surface area contributed by atoms with Gasteiger partial charge in [-0.05, 0) is 50.7 Å². The normalized spacial score (nSPS) is 18.4. The molecule has 0 aliphatic heterocycles. The zero-order valence-corrected chi connectivity index (χ0v) is 19.3. The fourth-order valence-electron chi connectivity index (χ4n) is 4.56. The summed E-state index contributed by atoms with van der Waals surface area (Å²) in [6, 6.07) is 9.47. The van der Waals surface area contributed by atoms with Crippen molar-refractivity contribution in [3.63, 3.8) is 0 Å². The van der Waals surface area contributed by atoms with Crippen LogP contribution in [0.2, 0.25) is 0 Å². The molecule has 1 saturated carbocycles. The Balaban J connectivity index is 1.86. The lowest BCUT2D eigenvalue weighted by atomic mass is 9.99. The van der Waals surface area contributed by atoms with E-state index >= 15 is 0 Å². The van der Waals surface area contributed by atoms with Crippen molar-refractivity contribution >= 4 is 17.7 Å². The van der Waals surface area contributed by atoms with Gasteiger partial charge in [-0.1, -0.05) is 37.3 Å². The number of carbonyl (C=O) groups is 3. The summed E-state index contributed by atoms with van der Waals surface area (Å²) in [4.78, 5) is 40.8. The molecule has 1 aromatic heterocycles. The van der Waals surface area contributed by atoms with E-state index in [0.717, 1.165) is 12.8 Å². The van der Waals surface area contributed by atoms with Crippen LogP contribution in [0.3, 0.4) is 0 Å². The Morgan fingerprint density at radius 2 is 1.84 bits per heavy atom. The molecule has 1 aliphatic carbocycles. The Hall–Kier alpha value is -2.89. The smallest absolute Gasteiger partial charge is 0.354 e. The zero-order chi connectivity index (χ0) is 22.9. The standard InChI is InChI=1S/C25H32N2O4/c1-7-13-27(24(29)20-14-19(20)18-11-9-8-10-12-18)17(4)23(28)21-15(2)22(25(30)31-6)26(5)16(21)3/h8-12,17,19-20H,7,13-14H2,1-6H3/t17-,19-,20+/m0/s1. The maximum atomic E-state index is 13.5. The minimum atomic E-state index is -0.602. The molecule has 1 amide bonds. The van der Waals surface area contributed by atoms with Gasteiger partial charge in [0.2, 0.25) is 5.91 Å². The third kappa shape index (κ3) is 4.16. The van der Waals surface area contributed by atoms with Crippen LogP contribution in [-0.4, -0.2) is 46.8 Å². The number of aromatic nitrogens is 1. The SMILES string of the molecule is CCCN(C(=O)[C@@H]1C[C@H]1c1ccccc1)[C@@H](C)C(=O)c1c(C)c(C(=O)OC)n(C)c1C. The lowest BCUT2D eigenvalue weighted by Gasteiger charge is -2.28. The van der Waals surface area contributed by atoms with Crippen molar-refractivity contribution in [3.8, 4) is 0 Å². The van der Waals surface area contributed by atoms with Gasteiger partial charge in [-0.25, -0.2) is 4.79 Å². The average Bonchev–Trinajstić information content (AvgIpc) is 3.54. The molecule has 0 radical (unpaired) electrons. The molecule has 1 aliphatic rings. The molecular formula is C25H32N2O4. The van der Waals surface area contributed by atoms with E-state index in [1.165, 1.54) is 12.7 Å². The molecular weight excluding hydrogens is 392 g/mol. The first-order valence-corrected chi connectivity index (χ1v) is 10.9. The summed E-state index contributed by atoms with van der Waals surface area (Å²) < 4.78 is 6.58. The van der Waals surface area contributed by atoms with Gasteiger partial charge in [-0.15, -0.1) is 0 Å². The second kappa shape index (κ2) is 9.08. The fourth-order valence-corrected chi connectivity index (χ4v) is 4.56. The van der Waals surface area contributed by atoms with Crippen LogP contribution in [0.5, 0.6) is 0 Å². The molecule has 31 heavy (non-hydrogen) atoms. The zero-order valence-electron chi connectivity index (χ0n) is 19.3. The van der Waals surface area contributed by atoms with Gasteiger partial charge in [0, 0.05) is 30.8 Å². The number of Topliss-reactive ketones (excluding diaryl/α,β-unsaturated/α-hetero) is 1. The van der Waals surface area contributed by atoms with Gasteiger partial charge in [-0.2, -0.15) is 0 Å². The summed E-state index contributed by atoms with van der Waals surface area (Å²) in [5.74, 6) is -0.426. The highest BCUT2D eigenvalue weighted by Gasteiger charge is 2.47. The number of benzene rings is 1. The van der Waals surface area contributed by atoms with Crippen molar-refractivity contribution < 1.29 is 19.1 Å². The third-order valence-corrected chi connectivity index (χ3v) is 6.49. The van der Waals surface area contributed by atoms with E-state index in [1.807, 2.05) is 32.0 Å². The molecule has 3 rings (SSSR count). The number of rotatable bonds is 8. The predicted octanol–water partition coefficient (Wildman–Crippen LogP) is 4.04. The second-order valence-corrected chi connectivity index (χ2v) is 8.42. The van der Waals surface area contributed by atoms with Gasteiger partial charge in [0.1, 0.15) is 5.69 Å². The minimum Gasteiger partial charge on any atom is -0.464 e. The van der Waals surface area contributed by atoms with Gasteiger partial charge in [0.15, 0.2) is 5.78 Å². The highest BCUT2D eigenvalue weighted by atomic mass is 16.5. The van der Waals surface area contributed by atoms with Crippen molar-refractivity contribution in [2.24, 2.45) is 13.0 Å². The summed E-state index contributed by atoms with van der Waals surface area (Å²) in [5, 5.41) is 0. The maximum Gasteiger partial charge on any atom is 0.354 e. The van der Waals surface area contributed by atoms with E-state index in [2.05, 4.69) is 12.1 Å². The minimum absolute atomic E-state index is 0.0379. The lowest BCUT2D eigenvalue weighted by Crippen LogP contribution is -2.45. The Kier molecular flexibility index (Phi) is 6.68. The van der Waals surface area contributed by atoms with Gasteiger partial charge >= 0.3 is 5.97 Å². The van der Waals surface area contributed by atoms with E-state index in [1.54, 1.807) is 30.4 Å². The monoisotopic (exact) mass is 424 g/mol. The molecule has 0 N–H and O–H groups in total. The van der Waals surface area contributed by atoms with E-state index in [-0.39, 0.29) is 23.5 Å². The molecule has 6 heteroatoms. The average molecular weight is 425 g/mol. The van der Waals surface area contributed by atoms with Crippen LogP contribution in [-0.2, 0) is 16.6 Å². The number of ether oxygens (including phenoxy) is 1. The topological polar surface area (TPSA) is 68.6 Å². The maximum absolute atomic E-state index is 13.5. The van der Waals surface area contributed by atoms with Crippen LogP contribution in [0.1, 0.15) is 70.3 Å².